The van der Waals surface area contributed by atoms with E-state index in [1.807, 2.05) is 6.07 Å². The van der Waals surface area contributed by atoms with Crippen LogP contribution in [0.15, 0.2) is 71.6 Å². The largest absolute Gasteiger partial charge is 0.493 e. The molecule has 4 rings (SSSR count). The van der Waals surface area contributed by atoms with Crippen LogP contribution in [0.5, 0.6) is 11.5 Å². The van der Waals surface area contributed by atoms with Gasteiger partial charge in [0.15, 0.2) is 11.5 Å². The molecule has 6 nitrogen and oxygen atoms in total. The van der Waals surface area contributed by atoms with E-state index in [2.05, 4.69) is 90.9 Å². The fraction of sp³-hybridized carbons (Fsp3) is 0.367. The van der Waals surface area contributed by atoms with Crippen molar-refractivity contribution in [3.8, 4) is 11.5 Å². The molecule has 0 radical (unpaired) electrons. The molecular weight excluding hydrogens is 482 g/mol. The van der Waals surface area contributed by atoms with Gasteiger partial charge in [-0.05, 0) is 93.9 Å². The summed E-state index contributed by atoms with van der Waals surface area (Å²) in [6.07, 6.45) is 1.27. The maximum Gasteiger partial charge on any atom is 0.161 e. The molecule has 0 amide bonds. The van der Waals surface area contributed by atoms with Gasteiger partial charge in [0.1, 0.15) is 6.29 Å². The van der Waals surface area contributed by atoms with Gasteiger partial charge in [0.05, 0.1) is 14.2 Å². The fourth-order valence-corrected chi connectivity index (χ4v) is 4.83. The molecule has 0 bridgehead atoms. The molecule has 1 aliphatic rings. The van der Waals surface area contributed by atoms with E-state index in [4.69, 9.17) is 9.47 Å². The highest BCUT2D eigenvalue weighted by Crippen LogP contribution is 2.28. The average molecular weight is 522 g/mol. The average Bonchev–Trinajstić information content (AvgIpc) is 2.92. The number of anilines is 2. The molecule has 1 fully saturated rings. The second-order valence-corrected chi connectivity index (χ2v) is 10.3. The number of nitrogens with zero attached hydrogens (tertiary/aromatic N) is 2. The summed E-state index contributed by atoms with van der Waals surface area (Å²) >= 11 is 1.65. The van der Waals surface area contributed by atoms with Gasteiger partial charge in [-0.25, -0.2) is 0 Å². The number of carbonyl (C=O) groups excluding carboxylic acids is 1. The van der Waals surface area contributed by atoms with Gasteiger partial charge in [-0.15, -0.1) is 0 Å². The summed E-state index contributed by atoms with van der Waals surface area (Å²) in [7, 11) is 5.38. The van der Waals surface area contributed by atoms with Crippen molar-refractivity contribution in [2.45, 2.75) is 44.2 Å². The Morgan fingerprint density at radius 1 is 0.919 bits per heavy atom. The summed E-state index contributed by atoms with van der Waals surface area (Å²) < 4.78 is 13.6. The fourth-order valence-electron chi connectivity index (χ4n) is 4.18. The molecule has 1 heterocycles. The highest BCUT2D eigenvalue weighted by atomic mass is 32.2. The molecule has 1 N–H and O–H groups in total. The van der Waals surface area contributed by atoms with E-state index in [0.29, 0.717) is 30.0 Å². The summed E-state index contributed by atoms with van der Waals surface area (Å²) in [4.78, 5) is 16.4. The van der Waals surface area contributed by atoms with Crippen molar-refractivity contribution in [2.75, 3.05) is 44.0 Å². The molecule has 2 atom stereocenters. The zero-order valence-electron chi connectivity index (χ0n) is 22.7. The van der Waals surface area contributed by atoms with Gasteiger partial charge in [0.25, 0.3) is 0 Å². The van der Waals surface area contributed by atoms with Gasteiger partial charge in [-0.1, -0.05) is 23.8 Å². The Kier molecular flexibility index (Phi) is 10.7. The molecule has 0 aromatic heterocycles. The Bertz CT molecular complexity index is 1110. The molecule has 3 aromatic carbocycles. The van der Waals surface area contributed by atoms with Gasteiger partial charge in [0, 0.05) is 47.9 Å². The topological polar surface area (TPSA) is 54.0 Å². The minimum atomic E-state index is 0.403. The Labute approximate surface area is 226 Å². The normalized spacial score (nSPS) is 17.4. The maximum absolute atomic E-state index is 10.3. The second kappa shape index (κ2) is 14.0. The number of aryl methyl sites for hydroxylation is 1. The Morgan fingerprint density at radius 3 is 2.11 bits per heavy atom. The van der Waals surface area contributed by atoms with Crippen molar-refractivity contribution in [3.63, 3.8) is 0 Å². The zero-order valence-corrected chi connectivity index (χ0v) is 23.5. The molecule has 7 heteroatoms. The van der Waals surface area contributed by atoms with Crippen LogP contribution in [-0.4, -0.2) is 57.6 Å². The van der Waals surface area contributed by atoms with E-state index in [-0.39, 0.29) is 0 Å². The van der Waals surface area contributed by atoms with Gasteiger partial charge in [0.2, 0.25) is 0 Å². The van der Waals surface area contributed by atoms with Crippen LogP contribution in [0.2, 0.25) is 0 Å². The molecule has 1 aliphatic heterocycles. The number of carbonyl (C=O) groups is 1. The Hall–Kier alpha value is -3.16. The summed E-state index contributed by atoms with van der Waals surface area (Å²) in [6.45, 7) is 8.89. The third-order valence-corrected chi connectivity index (χ3v) is 7.51. The van der Waals surface area contributed by atoms with E-state index in [9.17, 15) is 4.79 Å². The van der Waals surface area contributed by atoms with E-state index >= 15 is 0 Å². The van der Waals surface area contributed by atoms with Crippen molar-refractivity contribution >= 4 is 29.6 Å². The summed E-state index contributed by atoms with van der Waals surface area (Å²) in [5.41, 5.74) is 4.67. The first-order valence-electron chi connectivity index (χ1n) is 12.6. The number of likely N-dealkylation sites (N-methyl/N-ethyl adjacent to an activating group) is 1. The molecule has 3 aromatic rings. The van der Waals surface area contributed by atoms with E-state index in [1.54, 1.807) is 38.3 Å². The van der Waals surface area contributed by atoms with Crippen LogP contribution in [0, 0.1) is 6.92 Å². The summed E-state index contributed by atoms with van der Waals surface area (Å²) in [6, 6.07) is 24.0. The molecule has 0 spiro atoms. The first-order chi connectivity index (χ1) is 17.8. The van der Waals surface area contributed by atoms with Crippen molar-refractivity contribution in [1.29, 1.82) is 0 Å². The zero-order chi connectivity index (χ0) is 26.8. The van der Waals surface area contributed by atoms with Gasteiger partial charge < -0.3 is 23.9 Å². The third-order valence-electron chi connectivity index (χ3n) is 6.67. The van der Waals surface area contributed by atoms with Gasteiger partial charge in [-0.3, -0.25) is 4.90 Å². The standard InChI is InChI=1S/C20H27N3S.C10H12O3/c1-15-5-11-20(12-6-15)24-21-18-7-9-19(10-8-18)23-13-16(2)22(4)17(3)14-23;1-12-9-4-3-8(5-6-11)7-10(9)13-2/h5-12,16-17,21H,13-14H2,1-4H3;3-4,6-7H,5H2,1-2H3. The molecular formula is C30H39N3O3S. The Morgan fingerprint density at radius 2 is 1.54 bits per heavy atom. The van der Waals surface area contributed by atoms with E-state index in [0.717, 1.165) is 30.6 Å². The number of rotatable bonds is 8. The molecule has 198 valence electrons. The van der Waals surface area contributed by atoms with Crippen LogP contribution in [0.4, 0.5) is 11.4 Å². The third kappa shape index (κ3) is 8.17. The number of piperazine rings is 1. The number of methoxy groups -OCH3 is 2. The van der Waals surface area contributed by atoms with Crippen LogP contribution < -0.4 is 19.1 Å². The number of aldehydes is 1. The lowest BCUT2D eigenvalue weighted by molar-refractivity contribution is -0.107. The second-order valence-electron chi connectivity index (χ2n) is 9.39. The van der Waals surface area contributed by atoms with Crippen molar-refractivity contribution in [1.82, 2.24) is 4.90 Å². The highest BCUT2D eigenvalue weighted by molar-refractivity contribution is 8.00. The van der Waals surface area contributed by atoms with Crippen molar-refractivity contribution in [3.05, 3.63) is 77.9 Å². The van der Waals surface area contributed by atoms with Crippen LogP contribution >= 0.6 is 11.9 Å². The smallest absolute Gasteiger partial charge is 0.161 e. The van der Waals surface area contributed by atoms with Gasteiger partial charge >= 0.3 is 0 Å². The van der Waals surface area contributed by atoms with Crippen molar-refractivity contribution in [2.24, 2.45) is 0 Å². The minimum Gasteiger partial charge on any atom is -0.493 e. The first kappa shape index (κ1) is 28.4. The lowest BCUT2D eigenvalue weighted by Gasteiger charge is -2.43. The quantitative estimate of drug-likeness (QED) is 0.284. The Balaban J connectivity index is 0.000000248. The maximum atomic E-state index is 10.3. The predicted octanol–water partition coefficient (Wildman–Crippen LogP) is 6.09. The summed E-state index contributed by atoms with van der Waals surface area (Å²) in [5.74, 6) is 1.33. The van der Waals surface area contributed by atoms with E-state index in [1.165, 1.54) is 16.1 Å². The first-order valence-corrected chi connectivity index (χ1v) is 13.4. The highest BCUT2D eigenvalue weighted by Gasteiger charge is 2.26. The molecule has 2 unspecified atom stereocenters. The monoisotopic (exact) mass is 521 g/mol. The molecule has 37 heavy (non-hydrogen) atoms. The SMILES string of the molecule is COc1ccc(CC=O)cc1OC.Cc1ccc(SNc2ccc(N3CC(C)N(C)C(C)C3)cc2)cc1. The van der Waals surface area contributed by atoms with Gasteiger partial charge in [-0.2, -0.15) is 0 Å². The lowest BCUT2D eigenvalue weighted by Crippen LogP contribution is -2.55. The molecule has 1 saturated heterocycles. The number of benzene rings is 3. The predicted molar refractivity (Wildman–Crippen MR) is 155 cm³/mol. The molecule has 0 saturated carbocycles. The minimum absolute atomic E-state index is 0.403. The van der Waals surface area contributed by atoms with Crippen LogP contribution in [0.3, 0.4) is 0 Å². The lowest BCUT2D eigenvalue weighted by atomic mass is 10.1. The van der Waals surface area contributed by atoms with Crippen LogP contribution in [0.1, 0.15) is 25.0 Å². The number of hydrogen-bond donors (Lipinski definition) is 1. The van der Waals surface area contributed by atoms with Crippen molar-refractivity contribution < 1.29 is 14.3 Å². The number of hydrogen-bond acceptors (Lipinski definition) is 7. The number of ether oxygens (including phenoxy) is 2. The van der Waals surface area contributed by atoms with Crippen LogP contribution in [-0.2, 0) is 11.2 Å². The summed E-state index contributed by atoms with van der Waals surface area (Å²) in [5, 5.41) is 0. The molecule has 0 aliphatic carbocycles. The number of nitrogens with one attached hydrogen (secondary N) is 1. The van der Waals surface area contributed by atoms with E-state index < -0.39 is 0 Å². The van der Waals surface area contributed by atoms with Crippen LogP contribution in [0.25, 0.3) is 0 Å².